The summed E-state index contributed by atoms with van der Waals surface area (Å²) in [6, 6.07) is 12.3. The first-order chi connectivity index (χ1) is 11.7. The summed E-state index contributed by atoms with van der Waals surface area (Å²) in [5.74, 6) is -1.12. The Balaban J connectivity index is 1.59. The van der Waals surface area contributed by atoms with Crippen molar-refractivity contribution < 1.29 is 13.6 Å². The van der Waals surface area contributed by atoms with E-state index in [9.17, 15) is 8.78 Å². The lowest BCUT2D eigenvalue weighted by Gasteiger charge is -2.22. The van der Waals surface area contributed by atoms with Crippen molar-refractivity contribution in [3.05, 3.63) is 70.8 Å². The molecule has 1 fully saturated rings. The van der Waals surface area contributed by atoms with E-state index >= 15 is 0 Å². The third kappa shape index (κ3) is 4.19. The molecule has 0 saturated heterocycles. The van der Waals surface area contributed by atoms with Crippen LogP contribution in [0, 0.1) is 11.6 Å². The summed E-state index contributed by atoms with van der Waals surface area (Å²) in [6.45, 7) is -0.0948. The summed E-state index contributed by atoms with van der Waals surface area (Å²) in [4.78, 5) is 5.11. The molecule has 3 rings (SSSR count). The molecule has 0 bridgehead atoms. The Bertz CT molecular complexity index is 709. The molecule has 1 aliphatic rings. The van der Waals surface area contributed by atoms with Gasteiger partial charge in [0, 0.05) is 5.56 Å². The number of rotatable bonds is 5. The first-order valence-corrected chi connectivity index (χ1v) is 8.42. The Morgan fingerprint density at radius 1 is 1.04 bits per heavy atom. The number of nitrogens with zero attached hydrogens (tertiary/aromatic N) is 1. The molecule has 126 valence electrons. The van der Waals surface area contributed by atoms with Gasteiger partial charge in [0.15, 0.2) is 11.6 Å². The third-order valence-electron chi connectivity index (χ3n) is 4.52. The van der Waals surface area contributed by atoms with Crippen molar-refractivity contribution >= 4 is 6.21 Å². The van der Waals surface area contributed by atoms with Crippen molar-refractivity contribution in [2.45, 2.75) is 44.6 Å². The van der Waals surface area contributed by atoms with Crippen LogP contribution in [-0.4, -0.2) is 6.21 Å². The zero-order chi connectivity index (χ0) is 16.8. The molecule has 1 saturated carbocycles. The molecule has 24 heavy (non-hydrogen) atoms. The van der Waals surface area contributed by atoms with Crippen LogP contribution in [0.15, 0.2) is 47.6 Å². The Morgan fingerprint density at radius 3 is 2.67 bits per heavy atom. The molecule has 0 amide bonds. The molecule has 0 spiro atoms. The number of halogens is 2. The highest BCUT2D eigenvalue weighted by Gasteiger charge is 2.15. The number of benzene rings is 2. The van der Waals surface area contributed by atoms with Gasteiger partial charge in [0.05, 0.1) is 6.21 Å². The molecule has 4 heteroatoms. The highest BCUT2D eigenvalue weighted by molar-refractivity contribution is 5.79. The molecule has 2 aromatic rings. The van der Waals surface area contributed by atoms with Crippen molar-refractivity contribution in [2.24, 2.45) is 5.16 Å². The van der Waals surface area contributed by atoms with Gasteiger partial charge < -0.3 is 4.84 Å². The monoisotopic (exact) mass is 329 g/mol. The minimum Gasteiger partial charge on any atom is -0.391 e. The lowest BCUT2D eigenvalue weighted by Crippen LogP contribution is -2.04. The fourth-order valence-corrected chi connectivity index (χ4v) is 3.19. The lowest BCUT2D eigenvalue weighted by molar-refractivity contribution is 0.129. The molecule has 0 aliphatic heterocycles. The summed E-state index contributed by atoms with van der Waals surface area (Å²) in [7, 11) is 0. The summed E-state index contributed by atoms with van der Waals surface area (Å²) in [5.41, 5.74) is 2.45. The SMILES string of the molecule is Fc1cccc(CON=Cc2cccc(C3CCCCC3)c2)c1F. The standard InChI is InChI=1S/C20H21F2NO/c21-19-11-5-10-18(20(19)22)14-24-23-13-15-6-4-9-17(12-15)16-7-2-1-3-8-16/h4-6,9-13,16H,1-3,7-8,14H2. The van der Waals surface area contributed by atoms with Crippen LogP contribution >= 0.6 is 0 Å². The van der Waals surface area contributed by atoms with Crippen LogP contribution in [0.4, 0.5) is 8.78 Å². The second-order valence-corrected chi connectivity index (χ2v) is 6.23. The third-order valence-corrected chi connectivity index (χ3v) is 4.52. The Kier molecular flexibility index (Phi) is 5.57. The van der Waals surface area contributed by atoms with E-state index < -0.39 is 11.6 Å². The Labute approximate surface area is 141 Å². The van der Waals surface area contributed by atoms with Crippen LogP contribution in [0.3, 0.4) is 0 Å². The fraction of sp³-hybridized carbons (Fsp3) is 0.350. The van der Waals surface area contributed by atoms with E-state index in [1.807, 2.05) is 12.1 Å². The van der Waals surface area contributed by atoms with Gasteiger partial charge in [-0.2, -0.15) is 0 Å². The van der Waals surface area contributed by atoms with Crippen LogP contribution in [0.1, 0.15) is 54.7 Å². The Morgan fingerprint density at radius 2 is 1.83 bits per heavy atom. The van der Waals surface area contributed by atoms with E-state index in [2.05, 4.69) is 17.3 Å². The number of oxime groups is 1. The number of hydrogen-bond donors (Lipinski definition) is 0. The summed E-state index contributed by atoms with van der Waals surface area (Å²) >= 11 is 0. The topological polar surface area (TPSA) is 21.6 Å². The quantitative estimate of drug-likeness (QED) is 0.519. The smallest absolute Gasteiger partial charge is 0.165 e. The second-order valence-electron chi connectivity index (χ2n) is 6.23. The first kappa shape index (κ1) is 16.6. The second kappa shape index (κ2) is 8.04. The average molecular weight is 329 g/mol. The van der Waals surface area contributed by atoms with Crippen LogP contribution < -0.4 is 0 Å². The van der Waals surface area contributed by atoms with Gasteiger partial charge in [0.2, 0.25) is 0 Å². The zero-order valence-corrected chi connectivity index (χ0v) is 13.6. The van der Waals surface area contributed by atoms with Crippen molar-refractivity contribution in [1.82, 2.24) is 0 Å². The number of hydrogen-bond acceptors (Lipinski definition) is 2. The largest absolute Gasteiger partial charge is 0.391 e. The van der Waals surface area contributed by atoms with E-state index in [-0.39, 0.29) is 12.2 Å². The van der Waals surface area contributed by atoms with Crippen molar-refractivity contribution in [3.63, 3.8) is 0 Å². The molecule has 1 aliphatic carbocycles. The highest BCUT2D eigenvalue weighted by Crippen LogP contribution is 2.32. The van der Waals surface area contributed by atoms with E-state index in [0.29, 0.717) is 5.92 Å². The molecule has 0 N–H and O–H groups in total. The minimum absolute atomic E-state index is 0.0948. The molecule has 2 aromatic carbocycles. The predicted octanol–water partition coefficient (Wildman–Crippen LogP) is 5.56. The van der Waals surface area contributed by atoms with Crippen molar-refractivity contribution in [1.29, 1.82) is 0 Å². The van der Waals surface area contributed by atoms with E-state index in [4.69, 9.17) is 4.84 Å². The molecule has 0 radical (unpaired) electrons. The van der Waals surface area contributed by atoms with E-state index in [0.717, 1.165) is 11.6 Å². The Hall–Kier alpha value is -2.23. The van der Waals surface area contributed by atoms with Crippen LogP contribution in [-0.2, 0) is 11.4 Å². The maximum atomic E-state index is 13.5. The molecule has 0 heterocycles. The summed E-state index contributed by atoms with van der Waals surface area (Å²) < 4.78 is 26.6. The lowest BCUT2D eigenvalue weighted by atomic mass is 9.84. The van der Waals surface area contributed by atoms with Crippen LogP contribution in [0.2, 0.25) is 0 Å². The zero-order valence-electron chi connectivity index (χ0n) is 13.6. The van der Waals surface area contributed by atoms with Gasteiger partial charge >= 0.3 is 0 Å². The summed E-state index contributed by atoms with van der Waals surface area (Å²) in [6.07, 6.45) is 8.04. The first-order valence-electron chi connectivity index (χ1n) is 8.42. The van der Waals surface area contributed by atoms with Gasteiger partial charge in [-0.3, -0.25) is 0 Å². The van der Waals surface area contributed by atoms with Gasteiger partial charge in [0.1, 0.15) is 6.61 Å². The van der Waals surface area contributed by atoms with E-state index in [1.165, 1.54) is 49.8 Å². The van der Waals surface area contributed by atoms with Crippen molar-refractivity contribution in [3.8, 4) is 0 Å². The van der Waals surface area contributed by atoms with Gasteiger partial charge in [0.25, 0.3) is 0 Å². The maximum Gasteiger partial charge on any atom is 0.165 e. The van der Waals surface area contributed by atoms with Gasteiger partial charge in [-0.1, -0.05) is 54.8 Å². The minimum atomic E-state index is -0.882. The predicted molar refractivity (Wildman–Crippen MR) is 91.0 cm³/mol. The van der Waals surface area contributed by atoms with Crippen LogP contribution in [0.5, 0.6) is 0 Å². The highest BCUT2D eigenvalue weighted by atomic mass is 19.2. The molecule has 0 unspecified atom stereocenters. The molecular weight excluding hydrogens is 308 g/mol. The molecular formula is C20H21F2NO. The molecule has 2 nitrogen and oxygen atoms in total. The molecule has 0 atom stereocenters. The van der Waals surface area contributed by atoms with E-state index in [1.54, 1.807) is 6.21 Å². The fourth-order valence-electron chi connectivity index (χ4n) is 3.19. The van der Waals surface area contributed by atoms with Gasteiger partial charge in [-0.25, -0.2) is 8.78 Å². The molecule has 0 aromatic heterocycles. The average Bonchev–Trinajstić information content (AvgIpc) is 2.63. The van der Waals surface area contributed by atoms with Gasteiger partial charge in [-0.05, 0) is 42.0 Å². The van der Waals surface area contributed by atoms with Crippen molar-refractivity contribution in [2.75, 3.05) is 0 Å². The normalized spacial score (nSPS) is 15.8. The summed E-state index contributed by atoms with van der Waals surface area (Å²) in [5, 5.41) is 3.88. The van der Waals surface area contributed by atoms with Crippen LogP contribution in [0.25, 0.3) is 0 Å². The van der Waals surface area contributed by atoms with Gasteiger partial charge in [-0.15, -0.1) is 0 Å². The maximum absolute atomic E-state index is 13.5.